The van der Waals surface area contributed by atoms with Crippen LogP contribution in [-0.4, -0.2) is 11.4 Å². The van der Waals surface area contributed by atoms with Gasteiger partial charge in [0.1, 0.15) is 0 Å². The lowest BCUT2D eigenvalue weighted by Gasteiger charge is -1.97. The molecule has 0 heterocycles. The van der Waals surface area contributed by atoms with Gasteiger partial charge < -0.3 is 0 Å². The molecule has 0 radical (unpaired) electrons. The summed E-state index contributed by atoms with van der Waals surface area (Å²) in [4.78, 5) is 27.7. The summed E-state index contributed by atoms with van der Waals surface area (Å²) in [6.07, 6.45) is 0. The molecule has 0 aliphatic rings. The zero-order valence-corrected chi connectivity index (χ0v) is 6.38. The lowest BCUT2D eigenvalue weighted by atomic mass is 10.3. The van der Waals surface area contributed by atoms with Crippen molar-refractivity contribution in [2.45, 2.75) is 0 Å². The first-order chi connectivity index (χ1) is 6.24. The van der Waals surface area contributed by atoms with Crippen LogP contribution in [0, 0.1) is 10.1 Å². The summed E-state index contributed by atoms with van der Waals surface area (Å²) in [5.41, 5.74) is -0.0570. The molecule has 0 unspecified atom stereocenters. The fourth-order valence-electron chi connectivity index (χ4n) is 0.699. The Bertz CT molecular complexity index is 307. The molecule has 0 aromatic heterocycles. The maximum absolute atomic E-state index is 10.2. The maximum Gasteiger partial charge on any atom is 0.343 e. The third-order valence-corrected chi connectivity index (χ3v) is 1.23. The van der Waals surface area contributed by atoms with E-state index in [1.54, 1.807) is 0 Å². The molecular weight excluding hydrogens is 178 g/mol. The van der Waals surface area contributed by atoms with Crippen molar-refractivity contribution in [3.63, 3.8) is 0 Å². The SMILES string of the molecule is O=COOc1ccc([N+](=O)[O-])cc1. The summed E-state index contributed by atoms with van der Waals surface area (Å²) in [6.45, 7) is 0.113. The van der Waals surface area contributed by atoms with Crippen molar-refractivity contribution in [2.24, 2.45) is 0 Å². The fraction of sp³-hybridized carbons (Fsp3) is 0. The monoisotopic (exact) mass is 183 g/mol. The summed E-state index contributed by atoms with van der Waals surface area (Å²) in [5.74, 6) is 0.220. The molecule has 68 valence electrons. The van der Waals surface area contributed by atoms with Crippen LogP contribution in [0.4, 0.5) is 5.69 Å². The Morgan fingerprint density at radius 2 is 1.92 bits per heavy atom. The second-order valence-electron chi connectivity index (χ2n) is 2.03. The van der Waals surface area contributed by atoms with Crippen molar-refractivity contribution >= 4 is 12.2 Å². The molecule has 6 heteroatoms. The second-order valence-corrected chi connectivity index (χ2v) is 2.03. The average molecular weight is 183 g/mol. The molecular formula is C7H5NO5. The second kappa shape index (κ2) is 4.05. The first-order valence-electron chi connectivity index (χ1n) is 3.25. The van der Waals surface area contributed by atoms with E-state index in [0.717, 1.165) is 0 Å². The predicted octanol–water partition coefficient (Wildman–Crippen LogP) is 1.06. The van der Waals surface area contributed by atoms with Gasteiger partial charge >= 0.3 is 6.47 Å². The molecule has 0 atom stereocenters. The highest BCUT2D eigenvalue weighted by atomic mass is 17.2. The third kappa shape index (κ3) is 2.44. The van der Waals surface area contributed by atoms with E-state index in [2.05, 4.69) is 9.78 Å². The van der Waals surface area contributed by atoms with Crippen LogP contribution in [0.15, 0.2) is 24.3 Å². The Labute approximate surface area is 72.8 Å². The molecule has 0 fully saturated rings. The molecule has 1 aromatic rings. The van der Waals surface area contributed by atoms with Gasteiger partial charge in [0.05, 0.1) is 4.92 Å². The van der Waals surface area contributed by atoms with Crippen molar-refractivity contribution in [3.8, 4) is 5.75 Å². The molecule has 13 heavy (non-hydrogen) atoms. The van der Waals surface area contributed by atoms with E-state index in [9.17, 15) is 14.9 Å². The van der Waals surface area contributed by atoms with Crippen molar-refractivity contribution in [1.82, 2.24) is 0 Å². The summed E-state index contributed by atoms with van der Waals surface area (Å²) < 4.78 is 0. The van der Waals surface area contributed by atoms with E-state index >= 15 is 0 Å². The van der Waals surface area contributed by atoms with Crippen LogP contribution in [0.2, 0.25) is 0 Å². The van der Waals surface area contributed by atoms with E-state index in [-0.39, 0.29) is 17.9 Å². The van der Waals surface area contributed by atoms with E-state index in [1.807, 2.05) is 0 Å². The molecule has 6 nitrogen and oxygen atoms in total. The molecule has 0 saturated heterocycles. The minimum absolute atomic E-state index is 0.0570. The Hall–Kier alpha value is -2.11. The molecule has 0 spiro atoms. The molecule has 0 amide bonds. The standard InChI is InChI=1S/C7H5NO5/c9-5-12-13-7-3-1-6(2-4-7)8(10)11/h1-5H. The predicted molar refractivity (Wildman–Crippen MR) is 40.9 cm³/mol. The van der Waals surface area contributed by atoms with Gasteiger partial charge in [0, 0.05) is 12.1 Å². The van der Waals surface area contributed by atoms with Crippen LogP contribution in [0.1, 0.15) is 0 Å². The summed E-state index contributed by atoms with van der Waals surface area (Å²) in [7, 11) is 0. The number of rotatable bonds is 4. The van der Waals surface area contributed by atoms with Gasteiger partial charge in [-0.15, -0.1) is 0 Å². The van der Waals surface area contributed by atoms with Crippen molar-refractivity contribution in [1.29, 1.82) is 0 Å². The number of benzene rings is 1. The topological polar surface area (TPSA) is 78.7 Å². The highest BCUT2D eigenvalue weighted by molar-refractivity contribution is 5.38. The first-order valence-corrected chi connectivity index (χ1v) is 3.25. The smallest absolute Gasteiger partial charge is 0.287 e. The zero-order chi connectivity index (χ0) is 9.68. The van der Waals surface area contributed by atoms with Crippen LogP contribution in [0.25, 0.3) is 0 Å². The van der Waals surface area contributed by atoms with Crippen LogP contribution in [0.5, 0.6) is 5.75 Å². The molecule has 0 aliphatic heterocycles. The van der Waals surface area contributed by atoms with Crippen molar-refractivity contribution < 1.29 is 19.5 Å². The Morgan fingerprint density at radius 1 is 1.31 bits per heavy atom. The highest BCUT2D eigenvalue weighted by Crippen LogP contribution is 2.16. The Kier molecular flexibility index (Phi) is 2.80. The average Bonchev–Trinajstić information content (AvgIpc) is 2.15. The number of nitrogens with zero attached hydrogens (tertiary/aromatic N) is 1. The minimum atomic E-state index is -0.537. The lowest BCUT2D eigenvalue weighted by molar-refractivity contribution is -0.384. The molecule has 1 rings (SSSR count). The number of carbonyl (C=O) groups is 1. The first kappa shape index (κ1) is 8.98. The third-order valence-electron chi connectivity index (χ3n) is 1.23. The van der Waals surface area contributed by atoms with Crippen molar-refractivity contribution in [2.75, 3.05) is 0 Å². The summed E-state index contributed by atoms with van der Waals surface area (Å²) in [6, 6.07) is 5.12. The van der Waals surface area contributed by atoms with E-state index in [0.29, 0.717) is 0 Å². The number of non-ortho nitro benzene ring substituents is 1. The number of nitro benzene ring substituents is 1. The largest absolute Gasteiger partial charge is 0.343 e. The molecule has 0 saturated carbocycles. The molecule has 1 aromatic carbocycles. The molecule has 0 bridgehead atoms. The quantitative estimate of drug-likeness (QED) is 0.302. The van der Waals surface area contributed by atoms with Gasteiger partial charge in [0.2, 0.25) is 0 Å². The number of carbonyl (C=O) groups excluding carboxylic acids is 1. The van der Waals surface area contributed by atoms with Crippen molar-refractivity contribution in [3.05, 3.63) is 34.4 Å². The number of hydrogen-bond donors (Lipinski definition) is 0. The Balaban J connectivity index is 2.69. The van der Waals surface area contributed by atoms with Crippen LogP contribution < -0.4 is 4.89 Å². The summed E-state index contributed by atoms with van der Waals surface area (Å²) in [5, 5.41) is 10.2. The van der Waals surface area contributed by atoms with E-state index in [4.69, 9.17) is 0 Å². The van der Waals surface area contributed by atoms with Gasteiger partial charge in [-0.3, -0.25) is 24.7 Å². The van der Waals surface area contributed by atoms with Crippen LogP contribution >= 0.6 is 0 Å². The molecule has 0 N–H and O–H groups in total. The van der Waals surface area contributed by atoms with Gasteiger partial charge in [0.15, 0.2) is 5.75 Å². The van der Waals surface area contributed by atoms with Gasteiger partial charge in [-0.05, 0) is 12.1 Å². The van der Waals surface area contributed by atoms with E-state index in [1.165, 1.54) is 24.3 Å². The normalized spacial score (nSPS) is 8.92. The van der Waals surface area contributed by atoms with Gasteiger partial charge in [-0.2, -0.15) is 0 Å². The summed E-state index contributed by atoms with van der Waals surface area (Å²) >= 11 is 0. The number of hydrogen-bond acceptors (Lipinski definition) is 5. The van der Waals surface area contributed by atoms with Gasteiger partial charge in [0.25, 0.3) is 5.69 Å². The van der Waals surface area contributed by atoms with Gasteiger partial charge in [-0.25, -0.2) is 0 Å². The zero-order valence-electron chi connectivity index (χ0n) is 6.38. The van der Waals surface area contributed by atoms with Crippen LogP contribution in [0.3, 0.4) is 0 Å². The minimum Gasteiger partial charge on any atom is -0.287 e. The number of nitro groups is 1. The lowest BCUT2D eigenvalue weighted by Crippen LogP contribution is -1.94. The molecule has 0 aliphatic carbocycles. The van der Waals surface area contributed by atoms with E-state index < -0.39 is 4.92 Å². The fourth-order valence-corrected chi connectivity index (χ4v) is 0.699. The van der Waals surface area contributed by atoms with Gasteiger partial charge in [-0.1, -0.05) is 0 Å². The Morgan fingerprint density at radius 3 is 2.38 bits per heavy atom. The van der Waals surface area contributed by atoms with Crippen LogP contribution in [-0.2, 0) is 9.68 Å². The maximum atomic E-state index is 10.2. The highest BCUT2D eigenvalue weighted by Gasteiger charge is 2.04.